The van der Waals surface area contributed by atoms with Crippen molar-refractivity contribution < 1.29 is 4.79 Å². The Bertz CT molecular complexity index is 2070. The van der Waals surface area contributed by atoms with Crippen molar-refractivity contribution in [3.63, 3.8) is 0 Å². The van der Waals surface area contributed by atoms with Gasteiger partial charge in [-0.3, -0.25) is 14.2 Å². The molecule has 0 radical (unpaired) electrons. The molecule has 6 rings (SSSR count). The molecule has 1 amide bonds. The lowest BCUT2D eigenvalue weighted by molar-refractivity contribution is 0.0962. The van der Waals surface area contributed by atoms with Gasteiger partial charge in [0.1, 0.15) is 11.3 Å². The summed E-state index contributed by atoms with van der Waals surface area (Å²) in [5.74, 6) is 1.27. The minimum atomic E-state index is -0.170. The number of aryl methyl sites for hydroxylation is 1. The number of hydrogen-bond acceptors (Lipinski definition) is 5. The molecule has 0 unspecified atom stereocenters. The topological polar surface area (TPSA) is 78.7 Å². The predicted octanol–water partition coefficient (Wildman–Crippen LogP) is 6.64. The molecule has 0 atom stereocenters. The number of rotatable bonds is 8. The van der Waals surface area contributed by atoms with Crippen LogP contribution in [0.25, 0.3) is 28.3 Å². The van der Waals surface area contributed by atoms with Gasteiger partial charge in [-0.25, -0.2) is 4.99 Å². The number of nitrogens with zero attached hydrogens (tertiary/aromatic N) is 3. The highest BCUT2D eigenvalue weighted by molar-refractivity contribution is 6.33. The average Bonchev–Trinajstić information content (AvgIpc) is 3.28. The van der Waals surface area contributed by atoms with Crippen LogP contribution in [0, 0.1) is 0 Å². The zero-order valence-corrected chi connectivity index (χ0v) is 29.2. The Labute approximate surface area is 287 Å². The van der Waals surface area contributed by atoms with E-state index in [4.69, 9.17) is 16.6 Å². The summed E-state index contributed by atoms with van der Waals surface area (Å²) in [6, 6.07) is 22.3. The first kappa shape index (κ1) is 33.4. The number of piperidine rings is 1. The van der Waals surface area contributed by atoms with E-state index in [0.29, 0.717) is 33.1 Å². The van der Waals surface area contributed by atoms with Gasteiger partial charge < -0.3 is 15.5 Å². The molecule has 0 saturated carbocycles. The van der Waals surface area contributed by atoms with Crippen LogP contribution >= 0.6 is 11.6 Å². The summed E-state index contributed by atoms with van der Waals surface area (Å²) in [7, 11) is 5.60. The summed E-state index contributed by atoms with van der Waals surface area (Å²) in [6.45, 7) is 6.45. The Morgan fingerprint density at radius 3 is 2.29 bits per heavy atom. The lowest BCUT2D eigenvalue weighted by Crippen LogP contribution is -2.42. The van der Waals surface area contributed by atoms with Gasteiger partial charge in [-0.2, -0.15) is 0 Å². The highest BCUT2D eigenvalue weighted by atomic mass is 35.5. The number of likely N-dealkylation sites (tertiary alicyclic amines) is 1. The van der Waals surface area contributed by atoms with E-state index in [1.54, 1.807) is 18.7 Å². The second-order valence-corrected chi connectivity index (χ2v) is 13.3. The van der Waals surface area contributed by atoms with Crippen molar-refractivity contribution in [2.45, 2.75) is 51.9 Å². The van der Waals surface area contributed by atoms with E-state index in [-0.39, 0.29) is 11.5 Å². The number of halogens is 1. The Morgan fingerprint density at radius 1 is 0.917 bits per heavy atom. The number of allylic oxidation sites excluding steroid dienone is 1. The Balaban J connectivity index is 1.31. The zero-order valence-electron chi connectivity index (χ0n) is 28.5. The van der Waals surface area contributed by atoms with Crippen LogP contribution in [-0.2, 0) is 13.5 Å². The van der Waals surface area contributed by atoms with Crippen LogP contribution in [0.5, 0.6) is 0 Å². The lowest BCUT2D eigenvalue weighted by atomic mass is 9.89. The fraction of sp³-hybridized carbons (Fsp3) is 0.325. The second-order valence-electron chi connectivity index (χ2n) is 12.9. The smallest absolute Gasteiger partial charge is 0.259 e. The van der Waals surface area contributed by atoms with E-state index in [9.17, 15) is 9.59 Å². The summed E-state index contributed by atoms with van der Waals surface area (Å²) in [5.41, 5.74) is 8.56. The van der Waals surface area contributed by atoms with E-state index in [2.05, 4.69) is 59.8 Å². The zero-order chi connectivity index (χ0) is 33.9. The number of nitrogens with one attached hydrogen (secondary N) is 2. The van der Waals surface area contributed by atoms with Gasteiger partial charge in [-0.15, -0.1) is 0 Å². The number of hydrogen-bond donors (Lipinski definition) is 2. The first-order chi connectivity index (χ1) is 23.2. The highest BCUT2D eigenvalue weighted by Gasteiger charge is 2.19. The number of carbonyl (C=O) groups excluding carboxylic acids is 1. The highest BCUT2D eigenvalue weighted by Crippen LogP contribution is 2.32. The van der Waals surface area contributed by atoms with E-state index in [0.717, 1.165) is 65.8 Å². The van der Waals surface area contributed by atoms with E-state index in [1.807, 2.05) is 49.4 Å². The normalized spacial score (nSPS) is 15.3. The van der Waals surface area contributed by atoms with Crippen molar-refractivity contribution in [2.75, 3.05) is 32.5 Å². The van der Waals surface area contributed by atoms with Crippen molar-refractivity contribution in [1.29, 1.82) is 0 Å². The molecule has 8 heteroatoms. The Hall–Kier alpha value is -4.46. The molecule has 7 nitrogen and oxygen atoms in total. The molecule has 248 valence electrons. The quantitative estimate of drug-likeness (QED) is 0.222. The van der Waals surface area contributed by atoms with Gasteiger partial charge in [-0.05, 0) is 116 Å². The van der Waals surface area contributed by atoms with Crippen LogP contribution in [0.15, 0.2) is 87.9 Å². The molecule has 1 fully saturated rings. The molecule has 4 aromatic rings. The molecule has 1 aromatic heterocycles. The monoisotopic (exact) mass is 661 g/mol. The molecular weight excluding hydrogens is 618 g/mol. The van der Waals surface area contributed by atoms with Gasteiger partial charge in [0.25, 0.3) is 11.5 Å². The van der Waals surface area contributed by atoms with Crippen LogP contribution in [0.1, 0.15) is 66.9 Å². The number of amides is 1. The molecule has 3 heterocycles. The van der Waals surface area contributed by atoms with Crippen molar-refractivity contribution >= 4 is 29.3 Å². The van der Waals surface area contributed by atoms with Crippen molar-refractivity contribution in [2.24, 2.45) is 12.0 Å². The van der Waals surface area contributed by atoms with E-state index in [1.165, 1.54) is 24.0 Å². The molecule has 0 aliphatic carbocycles. The third-order valence-electron chi connectivity index (χ3n) is 9.88. The van der Waals surface area contributed by atoms with Crippen molar-refractivity contribution in [3.05, 3.63) is 121 Å². The molecule has 2 N–H and O–H groups in total. The molecule has 3 aromatic carbocycles. The van der Waals surface area contributed by atoms with Gasteiger partial charge in [0.15, 0.2) is 0 Å². The average molecular weight is 662 g/mol. The maximum absolute atomic E-state index is 13.9. The van der Waals surface area contributed by atoms with Crippen molar-refractivity contribution in [3.8, 4) is 22.3 Å². The summed E-state index contributed by atoms with van der Waals surface area (Å²) in [5, 5.41) is 7.66. The minimum Gasteiger partial charge on any atom is -0.355 e. The molecule has 0 bridgehead atoms. The maximum atomic E-state index is 13.9. The van der Waals surface area contributed by atoms with Gasteiger partial charge in [0, 0.05) is 46.7 Å². The fourth-order valence-electron chi connectivity index (χ4n) is 6.82. The van der Waals surface area contributed by atoms with Crippen LogP contribution in [0.2, 0.25) is 5.02 Å². The first-order valence-corrected chi connectivity index (χ1v) is 17.3. The van der Waals surface area contributed by atoms with Gasteiger partial charge >= 0.3 is 0 Å². The molecule has 0 spiro atoms. The minimum absolute atomic E-state index is 0.119. The molecular formula is C40H44ClN5O2. The second kappa shape index (κ2) is 14.3. The Morgan fingerprint density at radius 2 is 1.62 bits per heavy atom. The summed E-state index contributed by atoms with van der Waals surface area (Å²) in [6.07, 6.45) is 6.83. The number of fused-ring (bicyclic) bond motifs is 1. The standard InChI is InChI=1S/C40H44ClN5O2/c1-6-25-8-10-29(22-34(25)39(47)42-3)30-14-17-33(36(41)24-30)35-23-31-11-9-26(7-2)37(44-38(31)46(5)40(35)48)43-32-15-12-27(13-16-32)28-18-20-45(4)21-19-28/h8,10-17,22-24,28,43H,6-7,9,18-21H2,1-5H3,(H,42,47). The summed E-state index contributed by atoms with van der Waals surface area (Å²) >= 11 is 6.89. The largest absolute Gasteiger partial charge is 0.355 e. The molecule has 2 aliphatic heterocycles. The van der Waals surface area contributed by atoms with Crippen LogP contribution in [-0.4, -0.2) is 42.6 Å². The van der Waals surface area contributed by atoms with E-state index < -0.39 is 0 Å². The SMILES string of the molecule is CCC1=C(Nc2ccc(C3CCN(C)CC3)cc2)N=c2c(cc(-c3ccc(-c4ccc(CC)c(C(=O)NC)c4)cc3Cl)c(=O)n2C)=CC1. The first-order valence-electron chi connectivity index (χ1n) is 16.9. The van der Waals surface area contributed by atoms with Crippen molar-refractivity contribution in [1.82, 2.24) is 14.8 Å². The lowest BCUT2D eigenvalue weighted by Gasteiger charge is -2.29. The number of aromatic nitrogens is 1. The summed E-state index contributed by atoms with van der Waals surface area (Å²) in [4.78, 5) is 33.8. The van der Waals surface area contributed by atoms with Crippen LogP contribution < -0.4 is 26.9 Å². The predicted molar refractivity (Wildman–Crippen MR) is 197 cm³/mol. The van der Waals surface area contributed by atoms with E-state index >= 15 is 0 Å². The summed E-state index contributed by atoms with van der Waals surface area (Å²) < 4.78 is 1.62. The fourth-order valence-corrected chi connectivity index (χ4v) is 7.10. The van der Waals surface area contributed by atoms with Gasteiger partial charge in [0.05, 0.1) is 0 Å². The van der Waals surface area contributed by atoms with Crippen LogP contribution in [0.3, 0.4) is 0 Å². The third-order valence-corrected chi connectivity index (χ3v) is 10.2. The number of pyridine rings is 1. The van der Waals surface area contributed by atoms with Gasteiger partial charge in [-0.1, -0.05) is 67.9 Å². The van der Waals surface area contributed by atoms with Crippen LogP contribution in [0.4, 0.5) is 5.69 Å². The number of benzene rings is 3. The molecule has 48 heavy (non-hydrogen) atoms. The number of carbonyl (C=O) groups is 1. The molecule has 2 aliphatic rings. The molecule has 1 saturated heterocycles. The van der Waals surface area contributed by atoms with Gasteiger partial charge in [0.2, 0.25) is 0 Å². The maximum Gasteiger partial charge on any atom is 0.259 e. The number of anilines is 1. The Kier molecular flexibility index (Phi) is 9.99. The third kappa shape index (κ3) is 6.75.